The summed E-state index contributed by atoms with van der Waals surface area (Å²) < 4.78 is 33.5. The minimum absolute atomic E-state index is 0. The minimum Gasteiger partial charge on any atom is -0.469 e. The number of hydrogen-bond donors (Lipinski definition) is 2. The molecule has 0 aromatic rings. The van der Waals surface area contributed by atoms with Crippen LogP contribution < -0.4 is 10.5 Å². The zero-order valence-electron chi connectivity index (χ0n) is 13.6. The Hall–Kier alpha value is -0.410. The van der Waals surface area contributed by atoms with Crippen molar-refractivity contribution in [2.24, 2.45) is 11.7 Å². The van der Waals surface area contributed by atoms with Crippen molar-refractivity contribution in [1.82, 2.24) is 9.03 Å². The summed E-state index contributed by atoms with van der Waals surface area (Å²) >= 11 is 0. The van der Waals surface area contributed by atoms with Crippen LogP contribution in [0.25, 0.3) is 0 Å². The van der Waals surface area contributed by atoms with Crippen molar-refractivity contribution in [1.29, 1.82) is 0 Å². The maximum absolute atomic E-state index is 12.4. The zero-order valence-corrected chi connectivity index (χ0v) is 15.3. The van der Waals surface area contributed by atoms with E-state index < -0.39 is 15.7 Å². The van der Waals surface area contributed by atoms with Gasteiger partial charge in [0.2, 0.25) is 0 Å². The number of nitrogens with one attached hydrogen (secondary N) is 1. The molecule has 2 rings (SSSR count). The molecule has 1 aliphatic carbocycles. The van der Waals surface area contributed by atoms with Crippen molar-refractivity contribution >= 4 is 28.6 Å². The van der Waals surface area contributed by atoms with Gasteiger partial charge >= 0.3 is 5.97 Å². The number of ether oxygens (including phenoxy) is 1. The molecule has 7 nitrogen and oxygen atoms in total. The topological polar surface area (TPSA) is 102 Å². The number of methoxy groups -OCH3 is 1. The monoisotopic (exact) mass is 369 g/mol. The molecule has 0 unspecified atom stereocenters. The number of nitrogens with zero attached hydrogens (tertiary/aromatic N) is 1. The van der Waals surface area contributed by atoms with E-state index in [1.54, 1.807) is 0 Å². The minimum atomic E-state index is -3.53. The van der Waals surface area contributed by atoms with Crippen LogP contribution in [0.2, 0.25) is 0 Å². The van der Waals surface area contributed by atoms with Gasteiger partial charge in [0.15, 0.2) is 0 Å². The third kappa shape index (κ3) is 5.56. The van der Waals surface area contributed by atoms with E-state index in [9.17, 15) is 13.2 Å². The summed E-state index contributed by atoms with van der Waals surface area (Å²) in [7, 11) is -2.17. The van der Waals surface area contributed by atoms with Gasteiger partial charge in [0, 0.05) is 25.2 Å². The first-order chi connectivity index (χ1) is 10.4. The van der Waals surface area contributed by atoms with Gasteiger partial charge in [-0.2, -0.15) is 12.7 Å². The fourth-order valence-corrected chi connectivity index (χ4v) is 4.60. The zero-order chi connectivity index (χ0) is 16.2. The third-order valence-electron chi connectivity index (χ3n) is 4.78. The predicted molar refractivity (Wildman–Crippen MR) is 90.5 cm³/mol. The van der Waals surface area contributed by atoms with E-state index >= 15 is 0 Å². The summed E-state index contributed by atoms with van der Waals surface area (Å²) in [5.74, 6) is -0.455. The summed E-state index contributed by atoms with van der Waals surface area (Å²) in [5, 5.41) is 0. The fraction of sp³-hybridized carbons (Fsp3) is 0.929. The van der Waals surface area contributed by atoms with Crippen LogP contribution in [0.3, 0.4) is 0 Å². The van der Waals surface area contributed by atoms with Gasteiger partial charge in [-0.1, -0.05) is 19.3 Å². The van der Waals surface area contributed by atoms with Crippen LogP contribution in [0.5, 0.6) is 0 Å². The number of hydrogen-bond acceptors (Lipinski definition) is 5. The van der Waals surface area contributed by atoms with E-state index in [1.165, 1.54) is 17.8 Å². The lowest BCUT2D eigenvalue weighted by Gasteiger charge is -2.35. The number of halogens is 1. The highest BCUT2D eigenvalue weighted by Crippen LogP contribution is 2.26. The molecule has 9 heteroatoms. The summed E-state index contributed by atoms with van der Waals surface area (Å²) in [6.45, 7) is 0.964. The molecule has 2 aliphatic rings. The molecule has 1 heterocycles. The number of nitrogens with two attached hydrogens (primary N) is 1. The molecule has 136 valence electrons. The Morgan fingerprint density at radius 3 is 2.35 bits per heavy atom. The normalized spacial score (nSPS) is 23.0. The maximum Gasteiger partial charge on any atom is 0.308 e. The maximum atomic E-state index is 12.4. The highest BCUT2D eigenvalue weighted by molar-refractivity contribution is 7.87. The fourth-order valence-electron chi connectivity index (χ4n) is 3.26. The first-order valence-electron chi connectivity index (χ1n) is 7.98. The van der Waals surface area contributed by atoms with E-state index in [0.717, 1.165) is 25.7 Å². The van der Waals surface area contributed by atoms with Gasteiger partial charge in [0.1, 0.15) is 0 Å². The molecule has 0 amide bonds. The third-order valence-corrected chi connectivity index (χ3v) is 6.34. The Morgan fingerprint density at radius 2 is 1.83 bits per heavy atom. The number of esters is 1. The van der Waals surface area contributed by atoms with E-state index in [4.69, 9.17) is 10.5 Å². The first kappa shape index (κ1) is 20.6. The van der Waals surface area contributed by atoms with Crippen LogP contribution in [-0.2, 0) is 19.7 Å². The van der Waals surface area contributed by atoms with Gasteiger partial charge < -0.3 is 10.5 Å². The Kier molecular flexibility index (Phi) is 7.73. The van der Waals surface area contributed by atoms with Crippen molar-refractivity contribution < 1.29 is 17.9 Å². The van der Waals surface area contributed by atoms with Crippen molar-refractivity contribution in [3.8, 4) is 0 Å². The highest BCUT2D eigenvalue weighted by atomic mass is 35.5. The van der Waals surface area contributed by atoms with E-state index in [-0.39, 0.29) is 30.8 Å². The van der Waals surface area contributed by atoms with Crippen LogP contribution in [0.15, 0.2) is 0 Å². The van der Waals surface area contributed by atoms with Crippen molar-refractivity contribution in [2.75, 3.05) is 26.7 Å². The van der Waals surface area contributed by atoms with E-state index in [0.29, 0.717) is 25.9 Å². The molecule has 23 heavy (non-hydrogen) atoms. The summed E-state index contributed by atoms with van der Waals surface area (Å²) in [5.41, 5.74) is 5.85. The molecule has 2 fully saturated rings. The lowest BCUT2D eigenvalue weighted by molar-refractivity contribution is -0.146. The molecule has 0 radical (unpaired) electrons. The van der Waals surface area contributed by atoms with Gasteiger partial charge in [0.25, 0.3) is 10.2 Å². The van der Waals surface area contributed by atoms with Crippen LogP contribution in [0.1, 0.15) is 44.9 Å². The first-order valence-corrected chi connectivity index (χ1v) is 9.42. The Labute approximate surface area is 144 Å². The molecule has 0 bridgehead atoms. The van der Waals surface area contributed by atoms with E-state index in [2.05, 4.69) is 4.72 Å². The molecule has 1 aliphatic heterocycles. The van der Waals surface area contributed by atoms with Gasteiger partial charge in [-0.05, 0) is 25.7 Å². The molecule has 1 saturated carbocycles. The molecule has 0 atom stereocenters. The quantitative estimate of drug-likeness (QED) is 0.697. The van der Waals surface area contributed by atoms with Crippen molar-refractivity contribution in [3.63, 3.8) is 0 Å². The van der Waals surface area contributed by atoms with Crippen molar-refractivity contribution in [2.45, 2.75) is 50.5 Å². The van der Waals surface area contributed by atoms with E-state index in [1.807, 2.05) is 0 Å². The van der Waals surface area contributed by atoms with Gasteiger partial charge in [-0.25, -0.2) is 4.72 Å². The second kappa shape index (κ2) is 8.62. The molecular formula is C14H28ClN3O4S. The van der Waals surface area contributed by atoms with Gasteiger partial charge in [0.05, 0.1) is 13.0 Å². The molecule has 1 saturated heterocycles. The second-order valence-electron chi connectivity index (χ2n) is 6.45. The number of carbonyl (C=O) groups is 1. The van der Waals surface area contributed by atoms with Gasteiger partial charge in [-0.3, -0.25) is 4.79 Å². The molecule has 0 aromatic heterocycles. The molecular weight excluding hydrogens is 342 g/mol. The van der Waals surface area contributed by atoms with Crippen LogP contribution in [0, 0.1) is 5.92 Å². The predicted octanol–water partition coefficient (Wildman–Crippen LogP) is 0.789. The summed E-state index contributed by atoms with van der Waals surface area (Å²) in [4.78, 5) is 11.5. The SMILES string of the molecule is COC(=O)C1CCN(S(=O)(=O)NCC2(N)CCCCC2)CC1.Cl. The Balaban J connectivity index is 0.00000264. The number of rotatable bonds is 5. The average molecular weight is 370 g/mol. The van der Waals surface area contributed by atoms with Crippen LogP contribution in [-0.4, -0.2) is 51.0 Å². The Bertz CT molecular complexity index is 486. The Morgan fingerprint density at radius 1 is 1.26 bits per heavy atom. The summed E-state index contributed by atoms with van der Waals surface area (Å²) in [6, 6.07) is 0. The standard InChI is InChI=1S/C14H27N3O4S.ClH/c1-21-13(18)12-5-9-17(10-6-12)22(19,20)16-11-14(15)7-3-2-4-8-14;/h12,16H,2-11,15H2,1H3;1H. The lowest BCUT2D eigenvalue weighted by Crippen LogP contribution is -2.54. The number of piperidine rings is 1. The lowest BCUT2D eigenvalue weighted by atomic mass is 9.83. The smallest absolute Gasteiger partial charge is 0.308 e. The van der Waals surface area contributed by atoms with Gasteiger partial charge in [-0.15, -0.1) is 12.4 Å². The molecule has 0 aromatic carbocycles. The number of carbonyl (C=O) groups excluding carboxylic acids is 1. The molecule has 0 spiro atoms. The average Bonchev–Trinajstić information content (AvgIpc) is 2.53. The van der Waals surface area contributed by atoms with Crippen molar-refractivity contribution in [3.05, 3.63) is 0 Å². The van der Waals surface area contributed by atoms with Crippen LogP contribution >= 0.6 is 12.4 Å². The summed E-state index contributed by atoms with van der Waals surface area (Å²) in [6.07, 6.45) is 6.01. The second-order valence-corrected chi connectivity index (χ2v) is 8.20. The molecule has 3 N–H and O–H groups in total. The van der Waals surface area contributed by atoms with Crippen LogP contribution in [0.4, 0.5) is 0 Å². The largest absolute Gasteiger partial charge is 0.469 e. The highest BCUT2D eigenvalue weighted by Gasteiger charge is 2.34.